The molecular weight excluding hydrogens is 340 g/mol. The number of nitrogens with one attached hydrogen (secondary N) is 2. The first-order chi connectivity index (χ1) is 9.52. The molecule has 0 aliphatic rings. The summed E-state index contributed by atoms with van der Waals surface area (Å²) in [7, 11) is 0. The van der Waals surface area contributed by atoms with Gasteiger partial charge in [0, 0.05) is 23.2 Å². The van der Waals surface area contributed by atoms with Crippen LogP contribution in [-0.2, 0) is 16.0 Å². The molecule has 0 radical (unpaired) electrons. The lowest BCUT2D eigenvalue weighted by Crippen LogP contribution is -2.13. The molecule has 0 fully saturated rings. The quantitative estimate of drug-likeness (QED) is 0.882. The second-order valence-electron chi connectivity index (χ2n) is 4.19. The van der Waals surface area contributed by atoms with Gasteiger partial charge in [-0.3, -0.25) is 9.59 Å². The van der Waals surface area contributed by atoms with Crippen molar-refractivity contribution in [2.75, 3.05) is 10.6 Å². The van der Waals surface area contributed by atoms with Gasteiger partial charge in [0.1, 0.15) is 0 Å². The highest BCUT2D eigenvalue weighted by molar-refractivity contribution is 9.11. The van der Waals surface area contributed by atoms with Gasteiger partial charge < -0.3 is 10.6 Å². The Morgan fingerprint density at radius 2 is 1.65 bits per heavy atom. The molecule has 2 N–H and O–H groups in total. The number of amides is 2. The second-order valence-corrected chi connectivity index (χ2v) is 6.74. The lowest BCUT2D eigenvalue weighted by Gasteiger charge is -2.06. The Morgan fingerprint density at radius 1 is 1.05 bits per heavy atom. The zero-order valence-electron chi connectivity index (χ0n) is 10.8. The van der Waals surface area contributed by atoms with Gasteiger partial charge in [0.2, 0.25) is 11.8 Å². The molecule has 0 aliphatic carbocycles. The highest BCUT2D eigenvalue weighted by Crippen LogP contribution is 2.22. The Hall–Kier alpha value is -1.66. The molecule has 0 saturated heterocycles. The van der Waals surface area contributed by atoms with Crippen molar-refractivity contribution in [2.24, 2.45) is 0 Å². The van der Waals surface area contributed by atoms with Gasteiger partial charge in [-0.2, -0.15) is 0 Å². The van der Waals surface area contributed by atoms with Crippen LogP contribution in [0.3, 0.4) is 0 Å². The molecule has 0 aliphatic heterocycles. The Labute approximate surface area is 129 Å². The minimum atomic E-state index is -0.120. The Balaban J connectivity index is 1.92. The van der Waals surface area contributed by atoms with Crippen molar-refractivity contribution in [2.45, 2.75) is 13.3 Å². The lowest BCUT2D eigenvalue weighted by atomic mass is 10.2. The van der Waals surface area contributed by atoms with Crippen LogP contribution in [0.1, 0.15) is 11.8 Å². The first-order valence-electron chi connectivity index (χ1n) is 5.94. The molecule has 1 heterocycles. The highest BCUT2D eigenvalue weighted by atomic mass is 79.9. The third kappa shape index (κ3) is 4.47. The first kappa shape index (κ1) is 14.7. The first-order valence-corrected chi connectivity index (χ1v) is 7.55. The van der Waals surface area contributed by atoms with Crippen molar-refractivity contribution in [1.29, 1.82) is 0 Å². The van der Waals surface area contributed by atoms with E-state index in [4.69, 9.17) is 0 Å². The third-order valence-corrected chi connectivity index (χ3v) is 4.08. The summed E-state index contributed by atoms with van der Waals surface area (Å²) in [4.78, 5) is 23.8. The smallest absolute Gasteiger partial charge is 0.229 e. The average molecular weight is 353 g/mol. The van der Waals surface area contributed by atoms with E-state index in [9.17, 15) is 9.59 Å². The number of thiophene rings is 1. The zero-order valence-corrected chi connectivity index (χ0v) is 13.2. The van der Waals surface area contributed by atoms with Crippen LogP contribution in [0.15, 0.2) is 40.2 Å². The largest absolute Gasteiger partial charge is 0.326 e. The molecule has 0 bridgehead atoms. The van der Waals surface area contributed by atoms with Crippen LogP contribution in [0.2, 0.25) is 0 Å². The normalized spacial score (nSPS) is 10.1. The summed E-state index contributed by atoms with van der Waals surface area (Å²) >= 11 is 4.91. The summed E-state index contributed by atoms with van der Waals surface area (Å²) in [5.41, 5.74) is 1.41. The lowest BCUT2D eigenvalue weighted by molar-refractivity contribution is -0.116. The summed E-state index contributed by atoms with van der Waals surface area (Å²) < 4.78 is 1.01. The molecule has 1 aromatic carbocycles. The van der Waals surface area contributed by atoms with Gasteiger partial charge in [0.05, 0.1) is 10.2 Å². The molecule has 6 heteroatoms. The molecule has 2 rings (SSSR count). The number of carbonyl (C=O) groups excluding carboxylic acids is 2. The van der Waals surface area contributed by atoms with E-state index in [0.717, 1.165) is 8.66 Å². The van der Waals surface area contributed by atoms with Crippen molar-refractivity contribution in [3.8, 4) is 0 Å². The van der Waals surface area contributed by atoms with E-state index in [1.807, 2.05) is 12.1 Å². The molecule has 20 heavy (non-hydrogen) atoms. The van der Waals surface area contributed by atoms with Crippen LogP contribution in [0.5, 0.6) is 0 Å². The number of carbonyl (C=O) groups is 2. The Morgan fingerprint density at radius 3 is 2.15 bits per heavy atom. The number of hydrogen-bond donors (Lipinski definition) is 2. The van der Waals surface area contributed by atoms with Gasteiger partial charge in [-0.1, -0.05) is 0 Å². The topological polar surface area (TPSA) is 58.2 Å². The van der Waals surface area contributed by atoms with Crippen LogP contribution < -0.4 is 10.6 Å². The summed E-state index contributed by atoms with van der Waals surface area (Å²) in [5.74, 6) is -0.184. The minimum Gasteiger partial charge on any atom is -0.326 e. The van der Waals surface area contributed by atoms with Crippen LogP contribution in [0, 0.1) is 0 Å². The van der Waals surface area contributed by atoms with Crippen molar-refractivity contribution in [1.82, 2.24) is 0 Å². The van der Waals surface area contributed by atoms with Crippen LogP contribution in [-0.4, -0.2) is 11.8 Å². The fourth-order valence-corrected chi connectivity index (χ4v) is 3.13. The SMILES string of the molecule is CC(=O)Nc1ccc(NC(=O)Cc2ccc(Br)s2)cc1. The van der Waals surface area contributed by atoms with Gasteiger partial charge in [0.25, 0.3) is 0 Å². The Kier molecular flexibility index (Phi) is 4.92. The van der Waals surface area contributed by atoms with Gasteiger partial charge in [0.15, 0.2) is 0 Å². The number of rotatable bonds is 4. The van der Waals surface area contributed by atoms with Crippen molar-refractivity contribution < 1.29 is 9.59 Å². The number of hydrogen-bond acceptors (Lipinski definition) is 3. The molecule has 0 saturated carbocycles. The van der Waals surface area contributed by atoms with Gasteiger partial charge in [-0.25, -0.2) is 0 Å². The minimum absolute atomic E-state index is 0.0633. The number of benzene rings is 1. The average Bonchev–Trinajstić information content (AvgIpc) is 2.76. The maximum atomic E-state index is 11.9. The fraction of sp³-hybridized carbons (Fsp3) is 0.143. The van der Waals surface area contributed by atoms with E-state index in [1.54, 1.807) is 35.6 Å². The van der Waals surface area contributed by atoms with Gasteiger partial charge >= 0.3 is 0 Å². The van der Waals surface area contributed by atoms with Crippen LogP contribution in [0.4, 0.5) is 11.4 Å². The molecule has 2 amide bonds. The van der Waals surface area contributed by atoms with Crippen molar-refractivity contribution in [3.05, 3.63) is 45.1 Å². The second kappa shape index (κ2) is 6.67. The van der Waals surface area contributed by atoms with Crippen LogP contribution in [0.25, 0.3) is 0 Å². The molecular formula is C14H13BrN2O2S. The third-order valence-electron chi connectivity index (χ3n) is 2.45. The molecule has 104 valence electrons. The monoisotopic (exact) mass is 352 g/mol. The van der Waals surface area contributed by atoms with Gasteiger partial charge in [-0.05, 0) is 52.3 Å². The predicted molar refractivity (Wildman–Crippen MR) is 85.1 cm³/mol. The maximum absolute atomic E-state index is 11.9. The summed E-state index contributed by atoms with van der Waals surface area (Å²) in [6, 6.07) is 10.9. The summed E-state index contributed by atoms with van der Waals surface area (Å²) in [6.45, 7) is 1.45. The van der Waals surface area contributed by atoms with E-state index in [2.05, 4.69) is 26.6 Å². The number of halogens is 1. The summed E-state index contributed by atoms with van der Waals surface area (Å²) in [6.07, 6.45) is 0.351. The van der Waals surface area contributed by atoms with E-state index in [-0.39, 0.29) is 11.8 Å². The van der Waals surface area contributed by atoms with E-state index in [0.29, 0.717) is 17.8 Å². The van der Waals surface area contributed by atoms with Crippen LogP contribution >= 0.6 is 27.3 Å². The standard InChI is InChI=1S/C14H13BrN2O2S/c1-9(18)16-10-2-4-11(5-3-10)17-14(19)8-12-6-7-13(15)20-12/h2-7H,8H2,1H3,(H,16,18)(H,17,19). The van der Waals surface area contributed by atoms with E-state index < -0.39 is 0 Å². The zero-order chi connectivity index (χ0) is 14.5. The Bertz CT molecular complexity index is 622. The van der Waals surface area contributed by atoms with Crippen molar-refractivity contribution in [3.63, 3.8) is 0 Å². The molecule has 0 unspecified atom stereocenters. The number of anilines is 2. The van der Waals surface area contributed by atoms with Gasteiger partial charge in [-0.15, -0.1) is 11.3 Å². The van der Waals surface area contributed by atoms with E-state index in [1.165, 1.54) is 6.92 Å². The molecule has 2 aromatic rings. The van der Waals surface area contributed by atoms with Crippen molar-refractivity contribution >= 4 is 50.5 Å². The fourth-order valence-electron chi connectivity index (χ4n) is 1.65. The maximum Gasteiger partial charge on any atom is 0.229 e. The highest BCUT2D eigenvalue weighted by Gasteiger charge is 2.06. The molecule has 4 nitrogen and oxygen atoms in total. The summed E-state index contributed by atoms with van der Waals surface area (Å²) in [5, 5.41) is 5.49. The molecule has 1 aromatic heterocycles. The predicted octanol–water partition coefficient (Wildman–Crippen LogP) is 3.65. The van der Waals surface area contributed by atoms with E-state index >= 15 is 0 Å². The molecule has 0 atom stereocenters. The molecule has 0 spiro atoms.